The summed E-state index contributed by atoms with van der Waals surface area (Å²) in [6.45, 7) is 0. The molecular formula is C44H30FN3O5S. The van der Waals surface area contributed by atoms with Crippen LogP contribution in [0.2, 0.25) is 0 Å². The van der Waals surface area contributed by atoms with Crippen LogP contribution in [0.4, 0.5) is 15.8 Å². The van der Waals surface area contributed by atoms with Crippen LogP contribution in [0.25, 0.3) is 6.08 Å². The Kier molecular flexibility index (Phi) is 10.4. The smallest absolute Gasteiger partial charge is 0.272 e. The number of nitrogens with one attached hydrogen (secondary N) is 3. The summed E-state index contributed by atoms with van der Waals surface area (Å²) in [4.78, 5) is 68.1. The largest absolute Gasteiger partial charge is 0.324 e. The van der Waals surface area contributed by atoms with E-state index in [0.29, 0.717) is 27.3 Å². The Balaban J connectivity index is 1.11. The lowest BCUT2D eigenvalue weighted by atomic mass is 9.83. The van der Waals surface area contributed by atoms with Crippen molar-refractivity contribution in [1.82, 2.24) is 5.32 Å². The van der Waals surface area contributed by atoms with Gasteiger partial charge in [0, 0.05) is 38.4 Å². The van der Waals surface area contributed by atoms with Crippen LogP contribution in [-0.2, 0) is 9.59 Å². The van der Waals surface area contributed by atoms with Gasteiger partial charge in [0.15, 0.2) is 11.6 Å². The number of thioether (sulfide) groups is 1. The van der Waals surface area contributed by atoms with E-state index >= 15 is 0 Å². The molecular weight excluding hydrogens is 702 g/mol. The van der Waals surface area contributed by atoms with Gasteiger partial charge in [-0.25, -0.2) is 4.39 Å². The van der Waals surface area contributed by atoms with Gasteiger partial charge in [0.1, 0.15) is 16.8 Å². The third-order valence-corrected chi connectivity index (χ3v) is 9.92. The molecule has 1 aliphatic rings. The first kappa shape index (κ1) is 35.5. The number of hydrogen-bond donors (Lipinski definition) is 3. The summed E-state index contributed by atoms with van der Waals surface area (Å²) in [6.07, 6.45) is 1.27. The zero-order valence-corrected chi connectivity index (χ0v) is 29.2. The number of carbonyl (C=O) groups excluding carboxylic acids is 5. The zero-order chi connectivity index (χ0) is 37.6. The van der Waals surface area contributed by atoms with Crippen molar-refractivity contribution < 1.29 is 28.4 Å². The minimum atomic E-state index is -0.771. The Hall–Kier alpha value is -6.91. The topological polar surface area (TPSA) is 121 Å². The molecule has 0 radical (unpaired) electrons. The van der Waals surface area contributed by atoms with E-state index in [0.717, 1.165) is 0 Å². The number of carbonyl (C=O) groups is 5. The predicted molar refractivity (Wildman–Crippen MR) is 207 cm³/mol. The lowest BCUT2D eigenvalue weighted by Crippen LogP contribution is -2.30. The Morgan fingerprint density at radius 3 is 1.93 bits per heavy atom. The van der Waals surface area contributed by atoms with Crippen LogP contribution in [0.5, 0.6) is 0 Å². The Bertz CT molecular complexity index is 2450. The van der Waals surface area contributed by atoms with Gasteiger partial charge >= 0.3 is 0 Å². The average Bonchev–Trinajstić information content (AvgIpc) is 3.20. The second kappa shape index (κ2) is 15.8. The van der Waals surface area contributed by atoms with Gasteiger partial charge in [-0.1, -0.05) is 103 Å². The maximum absolute atomic E-state index is 14.6. The molecule has 0 aliphatic heterocycles. The van der Waals surface area contributed by atoms with Crippen molar-refractivity contribution in [2.45, 2.75) is 10.1 Å². The second-order valence-corrected chi connectivity index (χ2v) is 13.4. The molecule has 3 amide bonds. The summed E-state index contributed by atoms with van der Waals surface area (Å²) >= 11 is 1.25. The Morgan fingerprint density at radius 1 is 0.611 bits per heavy atom. The SMILES string of the molecule is O=C(Nc1ccc(SC(C(=O)Nc2cccc3c2C(=O)c2ccccc2C3=O)c2ccccc2)cc1)/C(=C/c1ccccc1F)NC(=O)c1ccccc1. The number of hydrogen-bond acceptors (Lipinski definition) is 6. The molecule has 1 atom stereocenters. The molecule has 6 aromatic carbocycles. The average molecular weight is 732 g/mol. The van der Waals surface area contributed by atoms with E-state index in [9.17, 15) is 28.4 Å². The van der Waals surface area contributed by atoms with Gasteiger partial charge in [-0.2, -0.15) is 0 Å². The number of fused-ring (bicyclic) bond motifs is 2. The first-order valence-corrected chi connectivity index (χ1v) is 17.7. The standard InChI is InChI=1S/C44H30FN3O5S/c45-35-20-10-7-16-29(35)26-37(48-42(51)28-14-5-2-6-15-28)43(52)46-30-22-24-31(25-23-30)54-41(27-12-3-1-4-13-27)44(53)47-36-21-11-19-34-38(36)40(50)33-18-9-8-17-32(33)39(34)49/h1-26,41H,(H,46,52)(H,47,53)(H,48,51)/b37-26-. The quantitative estimate of drug-likeness (QED) is 0.0959. The molecule has 54 heavy (non-hydrogen) atoms. The van der Waals surface area contributed by atoms with Gasteiger partial charge in [-0.15, -0.1) is 11.8 Å². The number of halogens is 1. The maximum atomic E-state index is 14.6. The highest BCUT2D eigenvalue weighted by molar-refractivity contribution is 8.00. The van der Waals surface area contributed by atoms with E-state index in [1.165, 1.54) is 36.0 Å². The number of benzene rings is 6. The fraction of sp³-hybridized carbons (Fsp3) is 0.0227. The molecule has 6 aromatic rings. The molecule has 1 unspecified atom stereocenters. The van der Waals surface area contributed by atoms with Crippen molar-refractivity contribution in [1.29, 1.82) is 0 Å². The minimum absolute atomic E-state index is 0.116. The molecule has 0 aromatic heterocycles. The van der Waals surface area contributed by atoms with Crippen LogP contribution >= 0.6 is 11.8 Å². The molecule has 0 fully saturated rings. The summed E-state index contributed by atoms with van der Waals surface area (Å²) in [7, 11) is 0. The Labute approximate surface area is 314 Å². The van der Waals surface area contributed by atoms with Crippen LogP contribution in [0.3, 0.4) is 0 Å². The van der Waals surface area contributed by atoms with E-state index in [1.54, 1.807) is 103 Å². The van der Waals surface area contributed by atoms with Crippen molar-refractivity contribution in [2.75, 3.05) is 10.6 Å². The van der Waals surface area contributed by atoms with Crippen LogP contribution < -0.4 is 16.0 Å². The molecule has 0 saturated heterocycles. The number of amides is 3. The minimum Gasteiger partial charge on any atom is -0.324 e. The summed E-state index contributed by atoms with van der Waals surface area (Å²) < 4.78 is 14.6. The maximum Gasteiger partial charge on any atom is 0.272 e. The molecule has 0 heterocycles. The third kappa shape index (κ3) is 7.64. The molecule has 264 valence electrons. The van der Waals surface area contributed by atoms with E-state index < -0.39 is 28.8 Å². The molecule has 0 saturated carbocycles. The van der Waals surface area contributed by atoms with Crippen molar-refractivity contribution >= 4 is 58.5 Å². The first-order valence-electron chi connectivity index (χ1n) is 16.8. The summed E-state index contributed by atoms with van der Waals surface area (Å²) in [5.41, 5.74) is 2.58. The number of anilines is 2. The lowest BCUT2D eigenvalue weighted by molar-refractivity contribution is -0.116. The van der Waals surface area contributed by atoms with Gasteiger partial charge in [0.05, 0.1) is 11.3 Å². The fourth-order valence-electron chi connectivity index (χ4n) is 5.99. The third-order valence-electron chi connectivity index (χ3n) is 8.65. The van der Waals surface area contributed by atoms with Crippen molar-refractivity contribution in [3.8, 4) is 0 Å². The monoisotopic (exact) mass is 731 g/mol. The predicted octanol–water partition coefficient (Wildman–Crippen LogP) is 8.48. The van der Waals surface area contributed by atoms with Gasteiger partial charge in [-0.3, -0.25) is 24.0 Å². The highest BCUT2D eigenvalue weighted by Gasteiger charge is 2.33. The van der Waals surface area contributed by atoms with Gasteiger partial charge in [0.2, 0.25) is 5.91 Å². The van der Waals surface area contributed by atoms with Crippen LogP contribution in [0.1, 0.15) is 58.6 Å². The fourth-order valence-corrected chi connectivity index (χ4v) is 7.01. The highest BCUT2D eigenvalue weighted by Crippen LogP contribution is 2.38. The van der Waals surface area contributed by atoms with E-state index in [-0.39, 0.29) is 45.2 Å². The zero-order valence-electron chi connectivity index (χ0n) is 28.4. The summed E-state index contributed by atoms with van der Waals surface area (Å²) in [5, 5.41) is 7.50. The summed E-state index contributed by atoms with van der Waals surface area (Å²) in [6, 6.07) is 41.6. The summed E-state index contributed by atoms with van der Waals surface area (Å²) in [5.74, 6) is -2.82. The number of rotatable bonds is 10. The molecule has 3 N–H and O–H groups in total. The van der Waals surface area contributed by atoms with E-state index in [2.05, 4.69) is 16.0 Å². The van der Waals surface area contributed by atoms with Crippen molar-refractivity contribution in [3.05, 3.63) is 202 Å². The number of ketones is 2. The molecule has 0 bridgehead atoms. The molecule has 1 aliphatic carbocycles. The normalized spacial score (nSPS) is 12.6. The lowest BCUT2D eigenvalue weighted by Gasteiger charge is -2.22. The van der Waals surface area contributed by atoms with E-state index in [1.807, 2.05) is 30.3 Å². The molecule has 7 rings (SSSR count). The van der Waals surface area contributed by atoms with Gasteiger partial charge in [-0.05, 0) is 60.2 Å². The molecule has 8 nitrogen and oxygen atoms in total. The second-order valence-electron chi connectivity index (χ2n) is 12.2. The van der Waals surface area contributed by atoms with E-state index in [4.69, 9.17) is 0 Å². The van der Waals surface area contributed by atoms with Crippen LogP contribution in [0, 0.1) is 5.82 Å². The van der Waals surface area contributed by atoms with Crippen molar-refractivity contribution in [3.63, 3.8) is 0 Å². The Morgan fingerprint density at radius 2 is 1.22 bits per heavy atom. The molecule has 0 spiro atoms. The van der Waals surface area contributed by atoms with Crippen molar-refractivity contribution in [2.24, 2.45) is 0 Å². The highest BCUT2D eigenvalue weighted by atomic mass is 32.2. The molecule has 10 heteroatoms. The van der Waals surface area contributed by atoms with Gasteiger partial charge in [0.25, 0.3) is 11.8 Å². The van der Waals surface area contributed by atoms with Crippen LogP contribution in [-0.4, -0.2) is 29.3 Å². The van der Waals surface area contributed by atoms with Gasteiger partial charge < -0.3 is 16.0 Å². The first-order chi connectivity index (χ1) is 26.3. The van der Waals surface area contributed by atoms with Crippen LogP contribution in [0.15, 0.2) is 162 Å².